The summed E-state index contributed by atoms with van der Waals surface area (Å²) in [6.45, 7) is 7.34. The van der Waals surface area contributed by atoms with Crippen molar-refractivity contribution in [1.29, 1.82) is 0 Å². The van der Waals surface area contributed by atoms with Gasteiger partial charge in [-0.2, -0.15) is 0 Å². The van der Waals surface area contributed by atoms with Gasteiger partial charge < -0.3 is 14.8 Å². The summed E-state index contributed by atoms with van der Waals surface area (Å²) in [7, 11) is 1.67. The number of nitrogens with one attached hydrogen (secondary N) is 1. The summed E-state index contributed by atoms with van der Waals surface area (Å²) >= 11 is 0. The van der Waals surface area contributed by atoms with Crippen molar-refractivity contribution >= 4 is 5.97 Å². The first-order valence-electron chi connectivity index (χ1n) is 5.91. The van der Waals surface area contributed by atoms with Gasteiger partial charge in [-0.25, -0.2) is 0 Å². The minimum absolute atomic E-state index is 0.0191. The number of ether oxygens (including phenoxy) is 2. The third-order valence-electron chi connectivity index (χ3n) is 3.33. The Balaban J connectivity index is 2.25. The van der Waals surface area contributed by atoms with Crippen LogP contribution in [0.1, 0.15) is 33.6 Å². The van der Waals surface area contributed by atoms with Gasteiger partial charge in [0.1, 0.15) is 0 Å². The molecule has 1 fully saturated rings. The number of methoxy groups -OCH3 is 1. The molecule has 1 N–H and O–H groups in total. The van der Waals surface area contributed by atoms with E-state index in [9.17, 15) is 4.79 Å². The zero-order chi connectivity index (χ0) is 12.2. The van der Waals surface area contributed by atoms with Crippen LogP contribution < -0.4 is 5.32 Å². The SMILES string of the molecule is COC(C)(C)CCOC(=O)C1CCNC1C. The van der Waals surface area contributed by atoms with Gasteiger partial charge in [0, 0.05) is 19.6 Å². The van der Waals surface area contributed by atoms with Crippen LogP contribution in [0.3, 0.4) is 0 Å². The predicted octanol–water partition coefficient (Wildman–Crippen LogP) is 1.34. The molecule has 0 amide bonds. The van der Waals surface area contributed by atoms with Crippen LogP contribution in [0.5, 0.6) is 0 Å². The van der Waals surface area contributed by atoms with Crippen molar-refractivity contribution in [1.82, 2.24) is 5.32 Å². The maximum Gasteiger partial charge on any atom is 0.310 e. The lowest BCUT2D eigenvalue weighted by Gasteiger charge is -2.23. The van der Waals surface area contributed by atoms with Gasteiger partial charge in [0.25, 0.3) is 0 Å². The first kappa shape index (κ1) is 13.5. The maximum absolute atomic E-state index is 11.7. The Morgan fingerprint density at radius 1 is 1.50 bits per heavy atom. The second-order valence-corrected chi connectivity index (χ2v) is 5.02. The van der Waals surface area contributed by atoms with Crippen molar-refractivity contribution in [2.24, 2.45) is 5.92 Å². The second-order valence-electron chi connectivity index (χ2n) is 5.02. The lowest BCUT2D eigenvalue weighted by molar-refractivity contribution is -0.150. The Bertz CT molecular complexity index is 240. The van der Waals surface area contributed by atoms with Crippen LogP contribution in [0.25, 0.3) is 0 Å². The van der Waals surface area contributed by atoms with Gasteiger partial charge in [0.15, 0.2) is 0 Å². The molecule has 1 heterocycles. The average molecular weight is 229 g/mol. The number of rotatable bonds is 5. The molecule has 2 unspecified atom stereocenters. The molecule has 16 heavy (non-hydrogen) atoms. The summed E-state index contributed by atoms with van der Waals surface area (Å²) in [5.41, 5.74) is -0.222. The van der Waals surface area contributed by atoms with Crippen molar-refractivity contribution in [3.05, 3.63) is 0 Å². The maximum atomic E-state index is 11.7. The summed E-state index contributed by atoms with van der Waals surface area (Å²) in [6.07, 6.45) is 1.61. The summed E-state index contributed by atoms with van der Waals surface area (Å²) in [6, 6.07) is 0.239. The van der Waals surface area contributed by atoms with Gasteiger partial charge in [0.05, 0.1) is 18.1 Å². The van der Waals surface area contributed by atoms with E-state index in [1.807, 2.05) is 20.8 Å². The molecule has 4 heteroatoms. The van der Waals surface area contributed by atoms with E-state index < -0.39 is 0 Å². The summed E-state index contributed by atoms with van der Waals surface area (Å²) in [5, 5.41) is 3.24. The lowest BCUT2D eigenvalue weighted by Crippen LogP contribution is -2.31. The van der Waals surface area contributed by atoms with Crippen LogP contribution in [-0.4, -0.2) is 37.9 Å². The van der Waals surface area contributed by atoms with E-state index in [4.69, 9.17) is 9.47 Å². The Labute approximate surface area is 97.7 Å². The van der Waals surface area contributed by atoms with E-state index in [2.05, 4.69) is 5.32 Å². The standard InChI is InChI=1S/C12H23NO3/c1-9-10(5-7-13-9)11(14)16-8-6-12(2,3)15-4/h9-10,13H,5-8H2,1-4H3. The third-order valence-corrected chi connectivity index (χ3v) is 3.33. The summed E-state index contributed by atoms with van der Waals surface area (Å²) < 4.78 is 10.5. The van der Waals surface area contributed by atoms with Crippen molar-refractivity contribution < 1.29 is 14.3 Å². The monoisotopic (exact) mass is 229 g/mol. The van der Waals surface area contributed by atoms with E-state index >= 15 is 0 Å². The summed E-state index contributed by atoms with van der Waals surface area (Å²) in [4.78, 5) is 11.7. The quantitative estimate of drug-likeness (QED) is 0.723. The Hall–Kier alpha value is -0.610. The number of hydrogen-bond acceptors (Lipinski definition) is 4. The highest BCUT2D eigenvalue weighted by molar-refractivity contribution is 5.73. The van der Waals surface area contributed by atoms with E-state index in [-0.39, 0.29) is 23.5 Å². The molecule has 1 rings (SSSR count). The fourth-order valence-electron chi connectivity index (χ4n) is 1.79. The Morgan fingerprint density at radius 3 is 2.69 bits per heavy atom. The highest BCUT2D eigenvalue weighted by Gasteiger charge is 2.30. The highest BCUT2D eigenvalue weighted by Crippen LogP contribution is 2.18. The van der Waals surface area contributed by atoms with Crippen LogP contribution in [0, 0.1) is 5.92 Å². The molecule has 1 saturated heterocycles. The second kappa shape index (κ2) is 5.64. The molecular weight excluding hydrogens is 206 g/mol. The molecule has 0 aromatic rings. The van der Waals surface area contributed by atoms with Gasteiger partial charge in [-0.3, -0.25) is 4.79 Å². The van der Waals surface area contributed by atoms with Crippen LogP contribution in [0.4, 0.5) is 0 Å². The molecule has 4 nitrogen and oxygen atoms in total. The Kier molecular flexibility index (Phi) is 4.74. The molecule has 0 aromatic carbocycles. The molecule has 0 aliphatic carbocycles. The minimum Gasteiger partial charge on any atom is -0.465 e. The van der Waals surface area contributed by atoms with Gasteiger partial charge in [0.2, 0.25) is 0 Å². The van der Waals surface area contributed by atoms with E-state index in [1.54, 1.807) is 7.11 Å². The number of carbonyl (C=O) groups excluding carboxylic acids is 1. The van der Waals surface area contributed by atoms with Crippen molar-refractivity contribution in [3.63, 3.8) is 0 Å². The molecule has 0 spiro atoms. The van der Waals surface area contributed by atoms with Gasteiger partial charge >= 0.3 is 5.97 Å². The smallest absolute Gasteiger partial charge is 0.310 e. The van der Waals surface area contributed by atoms with Crippen molar-refractivity contribution in [2.45, 2.75) is 45.3 Å². The van der Waals surface area contributed by atoms with Gasteiger partial charge in [-0.05, 0) is 33.7 Å². The molecular formula is C12H23NO3. The van der Waals surface area contributed by atoms with Crippen molar-refractivity contribution in [3.8, 4) is 0 Å². The topological polar surface area (TPSA) is 47.6 Å². The lowest BCUT2D eigenvalue weighted by atomic mass is 10.0. The summed E-state index contributed by atoms with van der Waals surface area (Å²) in [5.74, 6) is -0.0601. The van der Waals surface area contributed by atoms with Crippen LogP contribution >= 0.6 is 0 Å². The molecule has 1 aliphatic heterocycles. The van der Waals surface area contributed by atoms with Crippen LogP contribution in [0.2, 0.25) is 0 Å². The van der Waals surface area contributed by atoms with Crippen LogP contribution in [0.15, 0.2) is 0 Å². The fourth-order valence-corrected chi connectivity index (χ4v) is 1.79. The molecule has 0 radical (unpaired) electrons. The van der Waals surface area contributed by atoms with Crippen LogP contribution in [-0.2, 0) is 14.3 Å². The first-order chi connectivity index (χ1) is 7.46. The molecule has 0 aromatic heterocycles. The van der Waals surface area contributed by atoms with Crippen molar-refractivity contribution in [2.75, 3.05) is 20.3 Å². The Morgan fingerprint density at radius 2 is 2.19 bits per heavy atom. The van der Waals surface area contributed by atoms with Gasteiger partial charge in [-0.1, -0.05) is 0 Å². The molecule has 2 atom stereocenters. The normalized spacial score (nSPS) is 25.8. The minimum atomic E-state index is -0.222. The number of hydrogen-bond donors (Lipinski definition) is 1. The zero-order valence-corrected chi connectivity index (χ0v) is 10.7. The van der Waals surface area contributed by atoms with E-state index in [1.165, 1.54) is 0 Å². The predicted molar refractivity (Wildman–Crippen MR) is 62.2 cm³/mol. The molecule has 94 valence electrons. The first-order valence-corrected chi connectivity index (χ1v) is 5.91. The third kappa shape index (κ3) is 3.76. The average Bonchev–Trinajstić information content (AvgIpc) is 2.64. The van der Waals surface area contributed by atoms with E-state index in [0.29, 0.717) is 6.61 Å². The molecule has 0 saturated carbocycles. The number of esters is 1. The zero-order valence-electron chi connectivity index (χ0n) is 10.7. The molecule has 0 bridgehead atoms. The fraction of sp³-hybridized carbons (Fsp3) is 0.917. The molecule has 1 aliphatic rings. The highest BCUT2D eigenvalue weighted by atomic mass is 16.5. The largest absolute Gasteiger partial charge is 0.465 e. The number of carbonyl (C=O) groups is 1. The van der Waals surface area contributed by atoms with Gasteiger partial charge in [-0.15, -0.1) is 0 Å². The van der Waals surface area contributed by atoms with E-state index in [0.717, 1.165) is 19.4 Å².